The van der Waals surface area contributed by atoms with E-state index in [1.807, 2.05) is 0 Å². The number of piperidine rings is 1. The molecule has 26 heavy (non-hydrogen) atoms. The molecule has 0 aromatic rings. The van der Waals surface area contributed by atoms with Crippen LogP contribution in [-0.2, 0) is 9.59 Å². The van der Waals surface area contributed by atoms with Crippen molar-refractivity contribution in [2.24, 2.45) is 11.8 Å². The maximum atomic E-state index is 12.6. The standard InChI is InChI=1S/C20H36N4O2/c1-3-8-23-9-4-5-16(13-23)20(26)22-18-7-6-17(10-18)21-19(25)14-24-11-15(2)12-24/h15-18H,3-14H2,1-2H3,(H,21,25)(H,22,26)/t16?,17-,18+/m0/s1. The van der Waals surface area contributed by atoms with E-state index in [-0.39, 0.29) is 29.8 Å². The number of hydrogen-bond acceptors (Lipinski definition) is 4. The molecule has 0 radical (unpaired) electrons. The van der Waals surface area contributed by atoms with Crippen LogP contribution < -0.4 is 10.6 Å². The molecule has 6 heteroatoms. The van der Waals surface area contributed by atoms with Crippen molar-refractivity contribution >= 4 is 11.8 Å². The Morgan fingerprint density at radius 3 is 2.42 bits per heavy atom. The van der Waals surface area contributed by atoms with Gasteiger partial charge in [0, 0.05) is 31.7 Å². The first-order valence-electron chi connectivity index (χ1n) is 10.6. The van der Waals surface area contributed by atoms with Crippen LogP contribution in [0.2, 0.25) is 0 Å². The highest BCUT2D eigenvalue weighted by Gasteiger charge is 2.31. The Balaban J connectivity index is 1.35. The number of nitrogens with one attached hydrogen (secondary N) is 2. The Hall–Kier alpha value is -1.14. The van der Waals surface area contributed by atoms with Gasteiger partial charge in [-0.3, -0.25) is 14.5 Å². The second-order valence-corrected chi connectivity index (χ2v) is 8.72. The maximum absolute atomic E-state index is 12.6. The SMILES string of the molecule is CCCN1CCCC(C(=O)N[C@@H]2CC[C@H](NC(=O)CN3CC(C)C3)C2)C1. The van der Waals surface area contributed by atoms with Crippen LogP contribution in [0.4, 0.5) is 0 Å². The highest BCUT2D eigenvalue weighted by molar-refractivity contribution is 5.80. The lowest BCUT2D eigenvalue weighted by Crippen LogP contribution is -2.51. The first kappa shape index (κ1) is 19.6. The number of nitrogens with zero attached hydrogens (tertiary/aromatic N) is 2. The van der Waals surface area contributed by atoms with Crippen LogP contribution in [0, 0.1) is 11.8 Å². The third-order valence-corrected chi connectivity index (χ3v) is 6.07. The summed E-state index contributed by atoms with van der Waals surface area (Å²) in [5.41, 5.74) is 0. The molecule has 6 nitrogen and oxygen atoms in total. The molecule has 2 amide bonds. The van der Waals surface area contributed by atoms with Crippen molar-refractivity contribution in [3.8, 4) is 0 Å². The van der Waals surface area contributed by atoms with Gasteiger partial charge in [0.15, 0.2) is 0 Å². The molecular weight excluding hydrogens is 328 g/mol. The van der Waals surface area contributed by atoms with E-state index in [2.05, 4.69) is 34.3 Å². The minimum absolute atomic E-state index is 0.136. The summed E-state index contributed by atoms with van der Waals surface area (Å²) in [5, 5.41) is 6.42. The minimum atomic E-state index is 0.136. The maximum Gasteiger partial charge on any atom is 0.234 e. The molecule has 0 aromatic heterocycles. The zero-order valence-electron chi connectivity index (χ0n) is 16.5. The van der Waals surface area contributed by atoms with Crippen molar-refractivity contribution < 1.29 is 9.59 Å². The summed E-state index contributed by atoms with van der Waals surface area (Å²) < 4.78 is 0. The summed E-state index contributed by atoms with van der Waals surface area (Å²) in [7, 11) is 0. The van der Waals surface area contributed by atoms with Gasteiger partial charge >= 0.3 is 0 Å². The van der Waals surface area contributed by atoms with E-state index in [9.17, 15) is 9.59 Å². The molecule has 0 aromatic carbocycles. The molecule has 1 saturated carbocycles. The van der Waals surface area contributed by atoms with Gasteiger partial charge in [0.05, 0.1) is 12.5 Å². The lowest BCUT2D eigenvalue weighted by atomic mass is 9.96. The predicted molar refractivity (Wildman–Crippen MR) is 103 cm³/mol. The van der Waals surface area contributed by atoms with Gasteiger partial charge in [0.1, 0.15) is 0 Å². The van der Waals surface area contributed by atoms with Crippen molar-refractivity contribution in [1.82, 2.24) is 20.4 Å². The van der Waals surface area contributed by atoms with Crippen molar-refractivity contribution in [3.63, 3.8) is 0 Å². The third-order valence-electron chi connectivity index (χ3n) is 6.07. The molecule has 3 rings (SSSR count). The van der Waals surface area contributed by atoms with Gasteiger partial charge in [-0.25, -0.2) is 0 Å². The highest BCUT2D eigenvalue weighted by Crippen LogP contribution is 2.22. The number of carbonyl (C=O) groups is 2. The monoisotopic (exact) mass is 364 g/mol. The van der Waals surface area contributed by atoms with E-state index in [4.69, 9.17) is 0 Å². The first-order chi connectivity index (χ1) is 12.5. The van der Waals surface area contributed by atoms with E-state index in [0.29, 0.717) is 6.54 Å². The summed E-state index contributed by atoms with van der Waals surface area (Å²) >= 11 is 0. The van der Waals surface area contributed by atoms with Gasteiger partial charge in [-0.15, -0.1) is 0 Å². The molecule has 2 N–H and O–H groups in total. The van der Waals surface area contributed by atoms with Gasteiger partial charge in [-0.1, -0.05) is 13.8 Å². The molecule has 3 atom stereocenters. The number of rotatable bonds is 7. The Kier molecular flexibility index (Phi) is 6.92. The van der Waals surface area contributed by atoms with Crippen LogP contribution >= 0.6 is 0 Å². The normalized spacial score (nSPS) is 30.8. The van der Waals surface area contributed by atoms with E-state index in [1.54, 1.807) is 0 Å². The second kappa shape index (κ2) is 9.18. The van der Waals surface area contributed by atoms with Crippen LogP contribution in [0.25, 0.3) is 0 Å². The predicted octanol–water partition coefficient (Wildman–Crippen LogP) is 1.21. The van der Waals surface area contributed by atoms with E-state index >= 15 is 0 Å². The molecule has 148 valence electrons. The zero-order chi connectivity index (χ0) is 18.5. The van der Waals surface area contributed by atoms with Gasteiger partial charge in [-0.05, 0) is 57.5 Å². The van der Waals surface area contributed by atoms with E-state index in [1.165, 1.54) is 0 Å². The van der Waals surface area contributed by atoms with E-state index < -0.39 is 0 Å². The summed E-state index contributed by atoms with van der Waals surface area (Å²) in [6, 6.07) is 0.438. The fraction of sp³-hybridized carbons (Fsp3) is 0.900. The average molecular weight is 365 g/mol. The summed E-state index contributed by atoms with van der Waals surface area (Å²) in [6.07, 6.45) is 6.10. The minimum Gasteiger partial charge on any atom is -0.353 e. The molecule has 3 fully saturated rings. The molecule has 3 aliphatic rings. The van der Waals surface area contributed by atoms with Crippen molar-refractivity contribution in [2.45, 2.75) is 64.5 Å². The Labute approximate surface area is 158 Å². The number of amides is 2. The second-order valence-electron chi connectivity index (χ2n) is 8.72. The van der Waals surface area contributed by atoms with Crippen LogP contribution in [0.1, 0.15) is 52.4 Å². The van der Waals surface area contributed by atoms with Gasteiger partial charge in [0.2, 0.25) is 11.8 Å². The highest BCUT2D eigenvalue weighted by atomic mass is 16.2. The molecule has 0 spiro atoms. The molecule has 2 aliphatic heterocycles. The van der Waals surface area contributed by atoms with Gasteiger partial charge in [-0.2, -0.15) is 0 Å². The van der Waals surface area contributed by atoms with Crippen LogP contribution in [0.5, 0.6) is 0 Å². The number of carbonyl (C=O) groups excluding carboxylic acids is 2. The van der Waals surface area contributed by atoms with E-state index in [0.717, 1.165) is 77.2 Å². The van der Waals surface area contributed by atoms with Crippen LogP contribution in [-0.4, -0.2) is 73.0 Å². The van der Waals surface area contributed by atoms with Crippen molar-refractivity contribution in [1.29, 1.82) is 0 Å². The average Bonchev–Trinajstić information content (AvgIpc) is 3.00. The van der Waals surface area contributed by atoms with Gasteiger partial charge in [0.25, 0.3) is 0 Å². The van der Waals surface area contributed by atoms with Crippen molar-refractivity contribution in [2.75, 3.05) is 39.3 Å². The lowest BCUT2D eigenvalue weighted by Gasteiger charge is -2.36. The number of likely N-dealkylation sites (tertiary alicyclic amines) is 2. The number of hydrogen-bond donors (Lipinski definition) is 2. The summed E-state index contributed by atoms with van der Waals surface area (Å²) in [4.78, 5) is 29.4. The molecule has 1 aliphatic carbocycles. The fourth-order valence-corrected chi connectivity index (χ4v) is 4.79. The quantitative estimate of drug-likeness (QED) is 0.713. The zero-order valence-corrected chi connectivity index (χ0v) is 16.5. The summed E-state index contributed by atoms with van der Waals surface area (Å²) in [6.45, 7) is 10.1. The van der Waals surface area contributed by atoms with Crippen molar-refractivity contribution in [3.05, 3.63) is 0 Å². The smallest absolute Gasteiger partial charge is 0.234 e. The molecule has 0 bridgehead atoms. The Morgan fingerprint density at radius 2 is 1.73 bits per heavy atom. The third kappa shape index (κ3) is 5.43. The van der Waals surface area contributed by atoms with Crippen LogP contribution in [0.3, 0.4) is 0 Å². The first-order valence-corrected chi connectivity index (χ1v) is 10.6. The fourth-order valence-electron chi connectivity index (χ4n) is 4.79. The van der Waals surface area contributed by atoms with Gasteiger partial charge < -0.3 is 15.5 Å². The Morgan fingerprint density at radius 1 is 1.00 bits per heavy atom. The van der Waals surface area contributed by atoms with Crippen LogP contribution in [0.15, 0.2) is 0 Å². The Bertz CT molecular complexity index is 490. The largest absolute Gasteiger partial charge is 0.353 e. The summed E-state index contributed by atoms with van der Waals surface area (Å²) in [5.74, 6) is 1.22. The topological polar surface area (TPSA) is 64.7 Å². The molecular formula is C20H36N4O2. The molecule has 2 heterocycles. The molecule has 1 unspecified atom stereocenters. The molecule has 2 saturated heterocycles. The lowest BCUT2D eigenvalue weighted by molar-refractivity contribution is -0.127.